The van der Waals surface area contributed by atoms with Crippen molar-refractivity contribution >= 4 is 21.8 Å². The van der Waals surface area contributed by atoms with Crippen molar-refractivity contribution in [2.45, 2.75) is 24.7 Å². The molecule has 0 spiro atoms. The molecule has 0 saturated carbocycles. The number of rotatable bonds is 9. The number of methoxy groups -OCH3 is 2. The minimum absolute atomic E-state index is 0.0184. The van der Waals surface area contributed by atoms with Gasteiger partial charge in [0.15, 0.2) is 11.5 Å². The van der Waals surface area contributed by atoms with Gasteiger partial charge in [-0.05, 0) is 37.1 Å². The van der Waals surface area contributed by atoms with Gasteiger partial charge in [0, 0.05) is 18.7 Å². The number of carbonyl (C=O) groups excluding carboxylic acids is 1. The van der Waals surface area contributed by atoms with Gasteiger partial charge in [0.25, 0.3) is 10.0 Å². The summed E-state index contributed by atoms with van der Waals surface area (Å²) in [5.74, 6) is 0.406. The Bertz CT molecular complexity index is 884. The highest BCUT2D eigenvalue weighted by atomic mass is 32.2. The molecule has 27 heavy (non-hydrogen) atoms. The molecular formula is C18H22N2O6S. The van der Waals surface area contributed by atoms with Crippen LogP contribution in [0.4, 0.5) is 5.82 Å². The maximum absolute atomic E-state index is 12.9. The van der Waals surface area contributed by atoms with Crippen LogP contribution in [0.2, 0.25) is 0 Å². The Hall–Kier alpha value is -2.81. The van der Waals surface area contributed by atoms with E-state index in [1.54, 1.807) is 25.1 Å². The molecule has 0 aliphatic rings. The summed E-state index contributed by atoms with van der Waals surface area (Å²) >= 11 is 0. The number of sulfonamides is 1. The van der Waals surface area contributed by atoms with Gasteiger partial charge in [0.05, 0.1) is 25.7 Å². The standard InChI is InChI=1S/C18H22N2O6S/c1-4-26-18(21)9-8-13-11-14(24-2)15(25-3)12-16(13)27(22,23)20-17-7-5-6-10-19-17/h5-7,10-12H,4,8-9H2,1-3H3,(H,19,20). The number of aryl methyl sites for hydroxylation is 1. The minimum atomic E-state index is -3.96. The Balaban J connectivity index is 2.43. The molecular weight excluding hydrogens is 372 g/mol. The highest BCUT2D eigenvalue weighted by Crippen LogP contribution is 2.34. The Labute approximate surface area is 158 Å². The average Bonchev–Trinajstić information content (AvgIpc) is 2.66. The lowest BCUT2D eigenvalue weighted by molar-refractivity contribution is -0.143. The summed E-state index contributed by atoms with van der Waals surface area (Å²) < 4.78 is 43.6. The molecule has 0 aliphatic heterocycles. The summed E-state index contributed by atoms with van der Waals surface area (Å²) in [6.45, 7) is 1.97. The first-order chi connectivity index (χ1) is 12.9. The number of anilines is 1. The molecule has 1 heterocycles. The second-order valence-electron chi connectivity index (χ2n) is 5.44. The van der Waals surface area contributed by atoms with Crippen LogP contribution in [-0.4, -0.2) is 40.2 Å². The van der Waals surface area contributed by atoms with Gasteiger partial charge < -0.3 is 14.2 Å². The lowest BCUT2D eigenvalue weighted by atomic mass is 10.1. The van der Waals surface area contributed by atoms with Crippen molar-refractivity contribution in [2.75, 3.05) is 25.5 Å². The predicted molar refractivity (Wildman–Crippen MR) is 99.5 cm³/mol. The lowest BCUT2D eigenvalue weighted by Crippen LogP contribution is -2.17. The number of ether oxygens (including phenoxy) is 3. The molecule has 0 aliphatic carbocycles. The first kappa shape index (κ1) is 20.5. The van der Waals surface area contributed by atoms with Crippen molar-refractivity contribution in [3.63, 3.8) is 0 Å². The van der Waals surface area contributed by atoms with Crippen molar-refractivity contribution in [1.82, 2.24) is 4.98 Å². The summed E-state index contributed by atoms with van der Waals surface area (Å²) in [6, 6.07) is 7.80. The van der Waals surface area contributed by atoms with E-state index < -0.39 is 16.0 Å². The molecule has 146 valence electrons. The van der Waals surface area contributed by atoms with Crippen molar-refractivity contribution in [2.24, 2.45) is 0 Å². The van der Waals surface area contributed by atoms with Gasteiger partial charge in [0.1, 0.15) is 5.82 Å². The second kappa shape index (κ2) is 9.22. The van der Waals surface area contributed by atoms with E-state index in [1.807, 2.05) is 0 Å². The van der Waals surface area contributed by atoms with Crippen LogP contribution in [0, 0.1) is 0 Å². The number of hydrogen-bond donors (Lipinski definition) is 1. The molecule has 0 fully saturated rings. The third-order valence-electron chi connectivity index (χ3n) is 3.66. The molecule has 0 bridgehead atoms. The van der Waals surface area contributed by atoms with E-state index in [9.17, 15) is 13.2 Å². The summed E-state index contributed by atoms with van der Waals surface area (Å²) in [6.07, 6.45) is 1.68. The van der Waals surface area contributed by atoms with Gasteiger partial charge in [-0.15, -0.1) is 0 Å². The third kappa shape index (κ3) is 5.33. The van der Waals surface area contributed by atoms with Crippen molar-refractivity contribution in [1.29, 1.82) is 0 Å². The zero-order valence-corrected chi connectivity index (χ0v) is 16.2. The van der Waals surface area contributed by atoms with E-state index in [-0.39, 0.29) is 35.9 Å². The molecule has 1 aromatic carbocycles. The molecule has 8 nitrogen and oxygen atoms in total. The smallest absolute Gasteiger partial charge is 0.306 e. The quantitative estimate of drug-likeness (QED) is 0.651. The fourth-order valence-corrected chi connectivity index (χ4v) is 3.71. The molecule has 0 saturated heterocycles. The minimum Gasteiger partial charge on any atom is -0.493 e. The molecule has 0 unspecified atom stereocenters. The van der Waals surface area contributed by atoms with Crippen LogP contribution < -0.4 is 14.2 Å². The highest BCUT2D eigenvalue weighted by Gasteiger charge is 2.23. The molecule has 1 N–H and O–H groups in total. The van der Waals surface area contributed by atoms with Gasteiger partial charge in [-0.25, -0.2) is 13.4 Å². The lowest BCUT2D eigenvalue weighted by Gasteiger charge is -2.16. The Kier molecular flexibility index (Phi) is 7.00. The number of aromatic nitrogens is 1. The van der Waals surface area contributed by atoms with Gasteiger partial charge in [-0.2, -0.15) is 0 Å². The second-order valence-corrected chi connectivity index (χ2v) is 7.09. The molecule has 0 radical (unpaired) electrons. The maximum Gasteiger partial charge on any atom is 0.306 e. The largest absolute Gasteiger partial charge is 0.493 e. The van der Waals surface area contributed by atoms with Crippen LogP contribution in [0.5, 0.6) is 11.5 Å². The van der Waals surface area contributed by atoms with E-state index in [1.165, 1.54) is 32.5 Å². The van der Waals surface area contributed by atoms with Crippen LogP contribution in [0.15, 0.2) is 41.4 Å². The number of esters is 1. The van der Waals surface area contributed by atoms with Crippen LogP contribution in [0.3, 0.4) is 0 Å². The highest BCUT2D eigenvalue weighted by molar-refractivity contribution is 7.92. The molecule has 0 atom stereocenters. The van der Waals surface area contributed by atoms with Crippen LogP contribution in [0.25, 0.3) is 0 Å². The van der Waals surface area contributed by atoms with E-state index in [0.717, 1.165) is 0 Å². The fourth-order valence-electron chi connectivity index (χ4n) is 2.43. The zero-order valence-electron chi connectivity index (χ0n) is 15.4. The molecule has 1 aromatic heterocycles. The van der Waals surface area contributed by atoms with Crippen molar-refractivity contribution in [3.05, 3.63) is 42.1 Å². The first-order valence-corrected chi connectivity index (χ1v) is 9.74. The normalized spacial score (nSPS) is 10.9. The van der Waals surface area contributed by atoms with E-state index >= 15 is 0 Å². The topological polar surface area (TPSA) is 104 Å². The number of carbonyl (C=O) groups is 1. The molecule has 0 amide bonds. The van der Waals surface area contributed by atoms with Gasteiger partial charge >= 0.3 is 5.97 Å². The van der Waals surface area contributed by atoms with Crippen molar-refractivity contribution in [3.8, 4) is 11.5 Å². The van der Waals surface area contributed by atoms with Crippen molar-refractivity contribution < 1.29 is 27.4 Å². The van der Waals surface area contributed by atoms with E-state index in [2.05, 4.69) is 9.71 Å². The Morgan fingerprint density at radius 1 is 1.15 bits per heavy atom. The number of benzene rings is 1. The number of hydrogen-bond acceptors (Lipinski definition) is 7. The van der Waals surface area contributed by atoms with Gasteiger partial charge in [-0.3, -0.25) is 9.52 Å². The zero-order chi connectivity index (χ0) is 19.9. The van der Waals surface area contributed by atoms with E-state index in [4.69, 9.17) is 14.2 Å². The Morgan fingerprint density at radius 2 is 1.85 bits per heavy atom. The molecule has 9 heteroatoms. The third-order valence-corrected chi connectivity index (χ3v) is 5.10. The SMILES string of the molecule is CCOC(=O)CCc1cc(OC)c(OC)cc1S(=O)(=O)Nc1ccccn1. The van der Waals surface area contributed by atoms with Crippen LogP contribution in [0.1, 0.15) is 18.9 Å². The number of nitrogens with zero attached hydrogens (tertiary/aromatic N) is 1. The number of nitrogens with one attached hydrogen (secondary N) is 1. The van der Waals surface area contributed by atoms with E-state index in [0.29, 0.717) is 11.3 Å². The predicted octanol–water partition coefficient (Wildman–Crippen LogP) is 2.40. The van der Waals surface area contributed by atoms with Gasteiger partial charge in [0.2, 0.25) is 0 Å². The summed E-state index contributed by atoms with van der Waals surface area (Å²) in [5, 5.41) is 0. The monoisotopic (exact) mass is 394 g/mol. The summed E-state index contributed by atoms with van der Waals surface area (Å²) in [7, 11) is -1.09. The Morgan fingerprint density at radius 3 is 2.44 bits per heavy atom. The average molecular weight is 394 g/mol. The number of pyridine rings is 1. The first-order valence-electron chi connectivity index (χ1n) is 8.25. The maximum atomic E-state index is 12.9. The molecule has 2 rings (SSSR count). The fraction of sp³-hybridized carbons (Fsp3) is 0.333. The summed E-state index contributed by atoms with van der Waals surface area (Å²) in [5.41, 5.74) is 0.407. The van der Waals surface area contributed by atoms with Crippen LogP contribution >= 0.6 is 0 Å². The molecule has 2 aromatic rings. The summed E-state index contributed by atoms with van der Waals surface area (Å²) in [4.78, 5) is 15.6. The van der Waals surface area contributed by atoms with Crippen LogP contribution in [-0.2, 0) is 26.0 Å². The van der Waals surface area contributed by atoms with Gasteiger partial charge in [-0.1, -0.05) is 6.07 Å².